The first-order valence-corrected chi connectivity index (χ1v) is 9.27. The molecule has 8 nitrogen and oxygen atoms in total. The van der Waals surface area contributed by atoms with Crippen molar-refractivity contribution >= 4 is 23.5 Å². The average molecular weight is 422 g/mol. The van der Waals surface area contributed by atoms with Crippen LogP contribution < -0.4 is 10.1 Å². The molecule has 3 rings (SSSR count). The Morgan fingerprint density at radius 2 is 1.87 bits per heavy atom. The molecule has 1 N–H and O–H groups in total. The van der Waals surface area contributed by atoms with E-state index in [1.807, 2.05) is 0 Å². The van der Waals surface area contributed by atoms with Gasteiger partial charge in [0.15, 0.2) is 12.4 Å². The van der Waals surface area contributed by atoms with E-state index in [4.69, 9.17) is 9.15 Å². The molecule has 0 saturated carbocycles. The second-order valence-electron chi connectivity index (χ2n) is 6.57. The molecule has 10 heteroatoms. The van der Waals surface area contributed by atoms with E-state index in [1.54, 1.807) is 17.0 Å². The highest BCUT2D eigenvalue weighted by atomic mass is 19.3. The van der Waals surface area contributed by atoms with Gasteiger partial charge in [-0.25, -0.2) is 0 Å². The molecule has 0 unspecified atom stereocenters. The summed E-state index contributed by atoms with van der Waals surface area (Å²) in [6.45, 7) is -2.87. The van der Waals surface area contributed by atoms with Crippen LogP contribution in [0.5, 0.6) is 5.75 Å². The number of nitrogens with zero attached hydrogens (tertiary/aromatic N) is 1. The van der Waals surface area contributed by atoms with E-state index >= 15 is 0 Å². The number of halogens is 2. The van der Waals surface area contributed by atoms with Gasteiger partial charge in [-0.15, -0.1) is 0 Å². The van der Waals surface area contributed by atoms with Gasteiger partial charge in [0.05, 0.1) is 17.9 Å². The Bertz CT molecular complexity index is 879. The van der Waals surface area contributed by atoms with Crippen molar-refractivity contribution in [2.75, 3.05) is 25.0 Å². The molecular formula is C20H20F2N2O6. The van der Waals surface area contributed by atoms with Crippen molar-refractivity contribution in [1.82, 2.24) is 4.90 Å². The average Bonchev–Trinajstić information content (AvgIpc) is 3.27. The first-order chi connectivity index (χ1) is 14.4. The van der Waals surface area contributed by atoms with Crippen LogP contribution in [-0.2, 0) is 14.3 Å². The fraction of sp³-hybridized carbons (Fsp3) is 0.350. The summed E-state index contributed by atoms with van der Waals surface area (Å²) in [5.74, 6) is -1.86. The number of furan rings is 1. The molecule has 30 heavy (non-hydrogen) atoms. The maximum Gasteiger partial charge on any atom is 0.387 e. The summed E-state index contributed by atoms with van der Waals surface area (Å²) in [5.41, 5.74) is 0.0450. The largest absolute Gasteiger partial charge is 0.459 e. The van der Waals surface area contributed by atoms with Crippen molar-refractivity contribution in [2.45, 2.75) is 19.5 Å². The summed E-state index contributed by atoms with van der Waals surface area (Å²) in [5, 5.41) is 2.37. The number of ether oxygens (including phenoxy) is 2. The first-order valence-electron chi connectivity index (χ1n) is 9.27. The predicted octanol–water partition coefficient (Wildman–Crippen LogP) is 2.92. The maximum atomic E-state index is 12.4. The minimum absolute atomic E-state index is 0.0450. The molecule has 2 amide bonds. The molecule has 1 aliphatic rings. The lowest BCUT2D eigenvalue weighted by atomic mass is 9.97. The zero-order valence-electron chi connectivity index (χ0n) is 15.9. The Balaban J connectivity index is 1.44. The third kappa shape index (κ3) is 5.56. The van der Waals surface area contributed by atoms with E-state index < -0.39 is 31.0 Å². The molecule has 1 aromatic heterocycles. The highest BCUT2D eigenvalue weighted by Gasteiger charge is 2.30. The Kier molecular flexibility index (Phi) is 6.99. The number of rotatable bonds is 7. The number of benzene rings is 1. The van der Waals surface area contributed by atoms with Gasteiger partial charge in [0.2, 0.25) is 0 Å². The highest BCUT2D eigenvalue weighted by molar-refractivity contribution is 5.94. The molecule has 0 atom stereocenters. The van der Waals surface area contributed by atoms with Gasteiger partial charge >= 0.3 is 12.6 Å². The van der Waals surface area contributed by atoms with E-state index in [1.165, 1.54) is 30.5 Å². The van der Waals surface area contributed by atoms with Crippen LogP contribution in [-0.4, -0.2) is 49.0 Å². The predicted molar refractivity (Wildman–Crippen MR) is 100.0 cm³/mol. The van der Waals surface area contributed by atoms with Crippen LogP contribution in [0.1, 0.15) is 23.4 Å². The number of hydrogen-bond donors (Lipinski definition) is 1. The van der Waals surface area contributed by atoms with Crippen LogP contribution in [0, 0.1) is 5.92 Å². The molecule has 0 aliphatic carbocycles. The van der Waals surface area contributed by atoms with Gasteiger partial charge in [0, 0.05) is 13.1 Å². The summed E-state index contributed by atoms with van der Waals surface area (Å²) in [7, 11) is 0. The van der Waals surface area contributed by atoms with Crippen LogP contribution in [0.4, 0.5) is 14.5 Å². The highest BCUT2D eigenvalue weighted by Crippen LogP contribution is 2.25. The molecule has 0 bridgehead atoms. The monoisotopic (exact) mass is 422 g/mol. The normalized spacial score (nSPS) is 14.4. The molecule has 1 aliphatic heterocycles. The number of likely N-dealkylation sites (tertiary alicyclic amines) is 1. The Hall–Kier alpha value is -3.43. The molecular weight excluding hydrogens is 402 g/mol. The van der Waals surface area contributed by atoms with Gasteiger partial charge < -0.3 is 24.1 Å². The van der Waals surface area contributed by atoms with Crippen LogP contribution in [0.3, 0.4) is 0 Å². The van der Waals surface area contributed by atoms with Crippen molar-refractivity contribution in [1.29, 1.82) is 0 Å². The first kappa shape index (κ1) is 21.3. The smallest absolute Gasteiger partial charge is 0.387 e. The number of alkyl halides is 2. The third-order valence-electron chi connectivity index (χ3n) is 4.57. The minimum atomic E-state index is -3.04. The van der Waals surface area contributed by atoms with E-state index in [0.717, 1.165) is 0 Å². The number of amides is 2. The summed E-state index contributed by atoms with van der Waals surface area (Å²) in [6, 6.07) is 8.90. The van der Waals surface area contributed by atoms with Gasteiger partial charge in [-0.05, 0) is 37.1 Å². The quantitative estimate of drug-likeness (QED) is 0.689. The lowest BCUT2D eigenvalue weighted by Crippen LogP contribution is -2.40. The maximum absolute atomic E-state index is 12.4. The zero-order valence-corrected chi connectivity index (χ0v) is 15.9. The van der Waals surface area contributed by atoms with Crippen molar-refractivity contribution in [2.24, 2.45) is 5.92 Å². The van der Waals surface area contributed by atoms with E-state index in [0.29, 0.717) is 25.9 Å². The summed E-state index contributed by atoms with van der Waals surface area (Å²) >= 11 is 0. The summed E-state index contributed by atoms with van der Waals surface area (Å²) < 4.78 is 39.3. The molecule has 160 valence electrons. The summed E-state index contributed by atoms with van der Waals surface area (Å²) in [4.78, 5) is 38.1. The molecule has 2 aromatic rings. The Morgan fingerprint density at radius 1 is 1.13 bits per heavy atom. The Morgan fingerprint density at radius 3 is 2.53 bits per heavy atom. The lowest BCUT2D eigenvalue weighted by molar-refractivity contribution is -0.152. The molecule has 0 radical (unpaired) electrons. The van der Waals surface area contributed by atoms with Crippen LogP contribution >= 0.6 is 0 Å². The van der Waals surface area contributed by atoms with E-state index in [-0.39, 0.29) is 23.1 Å². The number of carbonyl (C=O) groups excluding carboxylic acids is 3. The number of esters is 1. The number of piperidine rings is 1. The van der Waals surface area contributed by atoms with Crippen molar-refractivity contribution in [3.63, 3.8) is 0 Å². The molecule has 1 saturated heterocycles. The van der Waals surface area contributed by atoms with Crippen LogP contribution in [0.2, 0.25) is 0 Å². The van der Waals surface area contributed by atoms with Crippen molar-refractivity contribution in [3.05, 3.63) is 48.4 Å². The fourth-order valence-electron chi connectivity index (χ4n) is 3.08. The fourth-order valence-corrected chi connectivity index (χ4v) is 3.08. The topological polar surface area (TPSA) is 98.1 Å². The second kappa shape index (κ2) is 9.86. The van der Waals surface area contributed by atoms with Gasteiger partial charge in [-0.1, -0.05) is 12.1 Å². The summed E-state index contributed by atoms with van der Waals surface area (Å²) in [6.07, 6.45) is 2.22. The van der Waals surface area contributed by atoms with Crippen molar-refractivity contribution in [3.8, 4) is 5.75 Å². The van der Waals surface area contributed by atoms with E-state index in [9.17, 15) is 23.2 Å². The standard InChI is InChI=1S/C20H20F2N2O6/c21-20(22)30-15-5-2-1-4-14(15)23-17(25)12-29-19(27)13-7-9-24(10-8-13)18(26)16-6-3-11-28-16/h1-6,11,13,20H,7-10,12H2,(H,23,25). The molecule has 1 aromatic carbocycles. The number of nitrogens with one attached hydrogen (secondary N) is 1. The van der Waals surface area contributed by atoms with Crippen molar-refractivity contribution < 1.29 is 37.1 Å². The molecule has 1 fully saturated rings. The van der Waals surface area contributed by atoms with Gasteiger partial charge in [0.1, 0.15) is 5.75 Å². The third-order valence-corrected chi connectivity index (χ3v) is 4.57. The minimum Gasteiger partial charge on any atom is -0.459 e. The molecule has 2 heterocycles. The number of para-hydroxylation sites is 2. The van der Waals surface area contributed by atoms with Gasteiger partial charge in [0.25, 0.3) is 11.8 Å². The molecule has 0 spiro atoms. The Labute approximate surface area is 170 Å². The van der Waals surface area contributed by atoms with Gasteiger partial charge in [-0.2, -0.15) is 8.78 Å². The van der Waals surface area contributed by atoms with E-state index in [2.05, 4.69) is 10.1 Å². The zero-order chi connectivity index (χ0) is 21.5. The lowest BCUT2D eigenvalue weighted by Gasteiger charge is -2.30. The van der Waals surface area contributed by atoms with Crippen LogP contribution in [0.15, 0.2) is 47.1 Å². The van der Waals surface area contributed by atoms with Crippen LogP contribution in [0.25, 0.3) is 0 Å². The SMILES string of the molecule is O=C(COC(=O)C1CCN(C(=O)c2ccco2)CC1)Nc1ccccc1OC(F)F. The number of anilines is 1. The second-order valence-corrected chi connectivity index (χ2v) is 6.57. The van der Waals surface area contributed by atoms with Gasteiger partial charge in [-0.3, -0.25) is 14.4 Å². The number of hydrogen-bond acceptors (Lipinski definition) is 6. The number of carbonyl (C=O) groups is 3.